The molecule has 104 valence electrons. The van der Waals surface area contributed by atoms with E-state index in [2.05, 4.69) is 0 Å². The summed E-state index contributed by atoms with van der Waals surface area (Å²) in [6.45, 7) is 2.41. The van der Waals surface area contributed by atoms with Crippen molar-refractivity contribution in [1.82, 2.24) is 4.57 Å². The smallest absolute Gasteiger partial charge is 0.336 e. The Hall–Kier alpha value is -2.56. The van der Waals surface area contributed by atoms with Crippen LogP contribution in [0.1, 0.15) is 22.8 Å². The molecule has 1 N–H and O–H groups in total. The number of aromatic carboxylic acids is 1. The maximum atomic E-state index is 12.1. The molecule has 0 bridgehead atoms. The topological polar surface area (TPSA) is 68.5 Å². The van der Waals surface area contributed by atoms with Crippen molar-refractivity contribution in [2.24, 2.45) is 0 Å². The molecule has 2 rings (SSSR count). The molecule has 0 radical (unpaired) electrons. The first-order chi connectivity index (χ1) is 9.63. The molecule has 1 aromatic carbocycles. The van der Waals surface area contributed by atoms with Crippen LogP contribution in [0.4, 0.5) is 0 Å². The van der Waals surface area contributed by atoms with E-state index in [-0.39, 0.29) is 23.4 Å². The Balaban J connectivity index is 2.38. The van der Waals surface area contributed by atoms with Gasteiger partial charge in [-0.25, -0.2) is 4.79 Å². The average molecular weight is 273 g/mol. The molecule has 1 aromatic heterocycles. The van der Waals surface area contributed by atoms with Crippen LogP contribution >= 0.6 is 0 Å². The third kappa shape index (κ3) is 2.88. The van der Waals surface area contributed by atoms with E-state index < -0.39 is 5.97 Å². The van der Waals surface area contributed by atoms with Gasteiger partial charge >= 0.3 is 5.97 Å². The van der Waals surface area contributed by atoms with Crippen molar-refractivity contribution in [3.8, 4) is 5.75 Å². The van der Waals surface area contributed by atoms with E-state index in [9.17, 15) is 9.59 Å². The minimum atomic E-state index is -1.00. The largest absolute Gasteiger partial charge is 0.488 e. The number of hydrogen-bond acceptors (Lipinski definition) is 3. The second-order valence-corrected chi connectivity index (χ2v) is 4.20. The first-order valence-electron chi connectivity index (χ1n) is 6.27. The van der Waals surface area contributed by atoms with Crippen molar-refractivity contribution >= 4 is 5.97 Å². The SMILES string of the molecule is CCOc1cccn(Cc2ccccc2C(=O)O)c1=O. The fourth-order valence-corrected chi connectivity index (χ4v) is 1.96. The zero-order chi connectivity index (χ0) is 14.5. The minimum absolute atomic E-state index is 0.196. The first kappa shape index (κ1) is 13.9. The summed E-state index contributed by atoms with van der Waals surface area (Å²) < 4.78 is 6.68. The maximum absolute atomic E-state index is 12.1. The lowest BCUT2D eigenvalue weighted by Gasteiger charge is -2.10. The lowest BCUT2D eigenvalue weighted by molar-refractivity contribution is 0.0695. The van der Waals surface area contributed by atoms with Crippen LogP contribution in [0.3, 0.4) is 0 Å². The number of rotatable bonds is 5. The number of pyridine rings is 1. The molecule has 1 heterocycles. The van der Waals surface area contributed by atoms with E-state index in [0.29, 0.717) is 12.2 Å². The van der Waals surface area contributed by atoms with Crippen LogP contribution in [0.5, 0.6) is 5.75 Å². The molecule has 5 nitrogen and oxygen atoms in total. The quantitative estimate of drug-likeness (QED) is 0.904. The molecule has 0 atom stereocenters. The molecular formula is C15H15NO4. The second-order valence-electron chi connectivity index (χ2n) is 4.20. The lowest BCUT2D eigenvalue weighted by atomic mass is 10.1. The van der Waals surface area contributed by atoms with Crippen molar-refractivity contribution < 1.29 is 14.6 Å². The van der Waals surface area contributed by atoms with Crippen LogP contribution in [0.2, 0.25) is 0 Å². The summed E-state index contributed by atoms with van der Waals surface area (Å²) in [5.41, 5.74) is 0.506. The Morgan fingerprint density at radius 2 is 2.00 bits per heavy atom. The van der Waals surface area contributed by atoms with E-state index in [1.54, 1.807) is 43.5 Å². The number of carbonyl (C=O) groups is 1. The van der Waals surface area contributed by atoms with E-state index in [4.69, 9.17) is 9.84 Å². The molecule has 0 fully saturated rings. The maximum Gasteiger partial charge on any atom is 0.336 e. The standard InChI is InChI=1S/C15H15NO4/c1-2-20-13-8-5-9-16(14(13)17)10-11-6-3-4-7-12(11)15(18)19/h3-9H,2,10H2,1H3,(H,18,19). The molecule has 0 aliphatic rings. The van der Waals surface area contributed by atoms with Gasteiger partial charge in [-0.1, -0.05) is 18.2 Å². The van der Waals surface area contributed by atoms with Crippen LogP contribution in [0.15, 0.2) is 47.4 Å². The summed E-state index contributed by atoms with van der Waals surface area (Å²) in [4.78, 5) is 23.3. The second kappa shape index (κ2) is 6.06. The predicted octanol–water partition coefficient (Wildman–Crippen LogP) is 1.99. The third-order valence-electron chi connectivity index (χ3n) is 2.87. The molecule has 20 heavy (non-hydrogen) atoms. The molecule has 0 saturated carbocycles. The van der Waals surface area contributed by atoms with Crippen LogP contribution in [-0.4, -0.2) is 22.2 Å². The zero-order valence-corrected chi connectivity index (χ0v) is 11.1. The first-order valence-corrected chi connectivity index (χ1v) is 6.27. The van der Waals surface area contributed by atoms with Gasteiger partial charge < -0.3 is 14.4 Å². The van der Waals surface area contributed by atoms with Crippen LogP contribution < -0.4 is 10.3 Å². The average Bonchev–Trinajstić information content (AvgIpc) is 2.44. The monoisotopic (exact) mass is 273 g/mol. The van der Waals surface area contributed by atoms with Gasteiger partial charge in [0.05, 0.1) is 18.7 Å². The highest BCUT2D eigenvalue weighted by atomic mass is 16.5. The number of aromatic nitrogens is 1. The molecule has 0 saturated heterocycles. The fraction of sp³-hybridized carbons (Fsp3) is 0.200. The molecule has 0 unspecified atom stereocenters. The molecule has 5 heteroatoms. The lowest BCUT2D eigenvalue weighted by Crippen LogP contribution is -2.22. The van der Waals surface area contributed by atoms with Crippen LogP contribution in [-0.2, 0) is 6.54 Å². The third-order valence-corrected chi connectivity index (χ3v) is 2.87. The van der Waals surface area contributed by atoms with Gasteiger partial charge in [0, 0.05) is 6.20 Å². The van der Waals surface area contributed by atoms with Gasteiger partial charge in [-0.05, 0) is 30.7 Å². The summed E-state index contributed by atoms with van der Waals surface area (Å²) in [7, 11) is 0. The molecule has 2 aromatic rings. The summed E-state index contributed by atoms with van der Waals surface area (Å²) in [5.74, 6) is -0.739. The number of carboxylic acid groups (broad SMARTS) is 1. The van der Waals surface area contributed by atoms with E-state index in [1.807, 2.05) is 0 Å². The normalized spacial score (nSPS) is 10.2. The van der Waals surface area contributed by atoms with Gasteiger partial charge in [-0.3, -0.25) is 4.79 Å². The summed E-state index contributed by atoms with van der Waals surface area (Å²) in [5, 5.41) is 9.14. The highest BCUT2D eigenvalue weighted by Crippen LogP contribution is 2.11. The van der Waals surface area contributed by atoms with Crippen molar-refractivity contribution in [3.63, 3.8) is 0 Å². The van der Waals surface area contributed by atoms with Crippen molar-refractivity contribution in [3.05, 3.63) is 64.1 Å². The molecule has 0 aliphatic heterocycles. The van der Waals surface area contributed by atoms with E-state index >= 15 is 0 Å². The van der Waals surface area contributed by atoms with Gasteiger partial charge in [0.15, 0.2) is 5.75 Å². The number of benzene rings is 1. The highest BCUT2D eigenvalue weighted by molar-refractivity contribution is 5.89. The Morgan fingerprint density at radius 1 is 1.25 bits per heavy atom. The van der Waals surface area contributed by atoms with Crippen molar-refractivity contribution in [2.45, 2.75) is 13.5 Å². The zero-order valence-electron chi connectivity index (χ0n) is 11.1. The molecular weight excluding hydrogens is 258 g/mol. The predicted molar refractivity (Wildman–Crippen MR) is 74.4 cm³/mol. The molecule has 0 spiro atoms. The van der Waals surface area contributed by atoms with Gasteiger partial charge in [0.25, 0.3) is 5.56 Å². The van der Waals surface area contributed by atoms with Gasteiger partial charge in [-0.15, -0.1) is 0 Å². The minimum Gasteiger partial charge on any atom is -0.488 e. The Kier molecular flexibility index (Phi) is 4.20. The molecule has 0 aliphatic carbocycles. The van der Waals surface area contributed by atoms with Crippen molar-refractivity contribution in [2.75, 3.05) is 6.61 Å². The summed E-state index contributed by atoms with van der Waals surface area (Å²) in [6.07, 6.45) is 1.61. The Morgan fingerprint density at radius 3 is 2.70 bits per heavy atom. The van der Waals surface area contributed by atoms with Gasteiger partial charge in [0.2, 0.25) is 0 Å². The number of nitrogens with zero attached hydrogens (tertiary/aromatic N) is 1. The van der Waals surface area contributed by atoms with E-state index in [0.717, 1.165) is 0 Å². The molecule has 0 amide bonds. The Bertz CT molecular complexity index is 676. The number of hydrogen-bond donors (Lipinski definition) is 1. The van der Waals surface area contributed by atoms with Crippen LogP contribution in [0, 0.1) is 0 Å². The number of ether oxygens (including phenoxy) is 1. The Labute approximate surface area is 116 Å². The fourth-order valence-electron chi connectivity index (χ4n) is 1.96. The van der Waals surface area contributed by atoms with Gasteiger partial charge in [-0.2, -0.15) is 0 Å². The van der Waals surface area contributed by atoms with Crippen molar-refractivity contribution in [1.29, 1.82) is 0 Å². The highest BCUT2D eigenvalue weighted by Gasteiger charge is 2.11. The van der Waals surface area contributed by atoms with Gasteiger partial charge in [0.1, 0.15) is 0 Å². The summed E-state index contributed by atoms with van der Waals surface area (Å²) in [6, 6.07) is 9.94. The van der Waals surface area contributed by atoms with E-state index in [1.165, 1.54) is 10.6 Å². The van der Waals surface area contributed by atoms with Crippen LogP contribution in [0.25, 0.3) is 0 Å². The summed E-state index contributed by atoms with van der Waals surface area (Å²) >= 11 is 0. The number of carboxylic acids is 1.